The van der Waals surface area contributed by atoms with Gasteiger partial charge in [0.1, 0.15) is 0 Å². The molecule has 0 aromatic heterocycles. The second kappa shape index (κ2) is 7.41. The van der Waals surface area contributed by atoms with Crippen molar-refractivity contribution in [2.75, 3.05) is 32.8 Å². The van der Waals surface area contributed by atoms with E-state index in [1.165, 1.54) is 11.1 Å². The van der Waals surface area contributed by atoms with Crippen LogP contribution < -0.4 is 5.73 Å². The maximum absolute atomic E-state index is 12.4. The maximum Gasteiger partial charge on any atom is 0.227 e. The number of amides is 1. The third-order valence-corrected chi connectivity index (χ3v) is 3.87. The summed E-state index contributed by atoms with van der Waals surface area (Å²) < 4.78 is 5.28. The Bertz CT molecular complexity index is 425. The first kappa shape index (κ1) is 15.0. The van der Waals surface area contributed by atoms with Crippen molar-refractivity contribution in [2.24, 2.45) is 11.7 Å². The predicted molar refractivity (Wildman–Crippen MR) is 79.5 cm³/mol. The molecule has 0 spiro atoms. The van der Waals surface area contributed by atoms with Crippen LogP contribution in [0.1, 0.15) is 18.1 Å². The van der Waals surface area contributed by atoms with E-state index >= 15 is 0 Å². The summed E-state index contributed by atoms with van der Waals surface area (Å²) in [5, 5.41) is 0. The van der Waals surface area contributed by atoms with Crippen molar-refractivity contribution in [3.8, 4) is 0 Å². The topological polar surface area (TPSA) is 55.6 Å². The number of carbonyl (C=O) groups excluding carboxylic acids is 1. The van der Waals surface area contributed by atoms with E-state index in [9.17, 15) is 4.79 Å². The Morgan fingerprint density at radius 3 is 2.40 bits per heavy atom. The number of ether oxygens (including phenoxy) is 1. The molecule has 4 heteroatoms. The number of carbonyl (C=O) groups is 1. The Morgan fingerprint density at radius 2 is 1.85 bits per heavy atom. The van der Waals surface area contributed by atoms with E-state index in [2.05, 4.69) is 31.2 Å². The van der Waals surface area contributed by atoms with Crippen LogP contribution in [0.2, 0.25) is 0 Å². The third-order valence-electron chi connectivity index (χ3n) is 3.87. The lowest BCUT2D eigenvalue weighted by Gasteiger charge is -2.30. The summed E-state index contributed by atoms with van der Waals surface area (Å²) in [6.07, 6.45) is 1.75. The molecule has 1 amide bonds. The molecule has 110 valence electrons. The highest BCUT2D eigenvalue weighted by Crippen LogP contribution is 2.13. The van der Waals surface area contributed by atoms with Gasteiger partial charge in [0.2, 0.25) is 5.91 Å². The minimum atomic E-state index is -0.124. The van der Waals surface area contributed by atoms with Crippen LogP contribution in [0.25, 0.3) is 0 Å². The maximum atomic E-state index is 12.4. The van der Waals surface area contributed by atoms with E-state index in [1.54, 1.807) is 0 Å². The van der Waals surface area contributed by atoms with Gasteiger partial charge < -0.3 is 15.4 Å². The summed E-state index contributed by atoms with van der Waals surface area (Å²) in [7, 11) is 0. The van der Waals surface area contributed by atoms with Crippen molar-refractivity contribution < 1.29 is 9.53 Å². The van der Waals surface area contributed by atoms with E-state index in [-0.39, 0.29) is 11.8 Å². The fourth-order valence-electron chi connectivity index (χ4n) is 2.51. The molecule has 1 heterocycles. The first-order valence-electron chi connectivity index (χ1n) is 7.39. The normalized spacial score (nSPS) is 17.0. The number of nitrogens with zero attached hydrogens (tertiary/aromatic N) is 1. The predicted octanol–water partition coefficient (Wildman–Crippen LogP) is 1.23. The van der Waals surface area contributed by atoms with E-state index in [1.807, 2.05) is 4.90 Å². The van der Waals surface area contributed by atoms with Gasteiger partial charge in [-0.2, -0.15) is 0 Å². The average Bonchev–Trinajstić information content (AvgIpc) is 2.53. The molecule has 1 saturated heterocycles. The van der Waals surface area contributed by atoms with E-state index in [0.717, 1.165) is 12.8 Å². The first-order chi connectivity index (χ1) is 9.74. The van der Waals surface area contributed by atoms with Crippen LogP contribution in [-0.4, -0.2) is 43.7 Å². The van der Waals surface area contributed by atoms with Gasteiger partial charge in [-0.15, -0.1) is 0 Å². The summed E-state index contributed by atoms with van der Waals surface area (Å²) in [4.78, 5) is 14.3. The van der Waals surface area contributed by atoms with Crippen LogP contribution in [0.3, 0.4) is 0 Å². The molecule has 1 aromatic carbocycles. The molecule has 1 aromatic rings. The molecular formula is C16H24N2O2. The van der Waals surface area contributed by atoms with Crippen LogP contribution >= 0.6 is 0 Å². The van der Waals surface area contributed by atoms with Crippen molar-refractivity contribution >= 4 is 5.91 Å². The lowest BCUT2D eigenvalue weighted by atomic mass is 9.96. The van der Waals surface area contributed by atoms with Gasteiger partial charge in [0, 0.05) is 19.6 Å². The minimum Gasteiger partial charge on any atom is -0.378 e. The summed E-state index contributed by atoms with van der Waals surface area (Å²) in [6.45, 7) is 5.17. The number of hydrogen-bond donors (Lipinski definition) is 1. The summed E-state index contributed by atoms with van der Waals surface area (Å²) in [5.41, 5.74) is 8.30. The molecule has 1 atom stereocenters. The van der Waals surface area contributed by atoms with Crippen LogP contribution in [0.4, 0.5) is 0 Å². The minimum absolute atomic E-state index is 0.124. The smallest absolute Gasteiger partial charge is 0.227 e. The molecule has 2 N–H and O–H groups in total. The molecule has 1 fully saturated rings. The van der Waals surface area contributed by atoms with Crippen molar-refractivity contribution in [2.45, 2.75) is 19.8 Å². The Kier molecular flexibility index (Phi) is 5.56. The highest BCUT2D eigenvalue weighted by Gasteiger charge is 2.24. The van der Waals surface area contributed by atoms with Crippen molar-refractivity contribution in [1.29, 1.82) is 0 Å². The Morgan fingerprint density at radius 1 is 1.25 bits per heavy atom. The van der Waals surface area contributed by atoms with Gasteiger partial charge in [-0.1, -0.05) is 31.2 Å². The monoisotopic (exact) mass is 276 g/mol. The number of morpholine rings is 1. The van der Waals surface area contributed by atoms with Crippen molar-refractivity contribution in [1.82, 2.24) is 4.90 Å². The molecule has 1 aliphatic heterocycles. The standard InChI is InChI=1S/C16H24N2O2/c1-2-13-3-5-14(6-4-13)11-15(12-17)16(19)18-7-9-20-10-8-18/h3-6,15H,2,7-12,17H2,1H3. The number of aryl methyl sites for hydroxylation is 1. The van der Waals surface area contributed by atoms with Crippen molar-refractivity contribution in [3.05, 3.63) is 35.4 Å². The molecular weight excluding hydrogens is 252 g/mol. The van der Waals surface area contributed by atoms with Crippen LogP contribution in [-0.2, 0) is 22.4 Å². The summed E-state index contributed by atoms with van der Waals surface area (Å²) in [6, 6.07) is 8.46. The summed E-state index contributed by atoms with van der Waals surface area (Å²) in [5.74, 6) is 0.0379. The Labute approximate surface area is 120 Å². The molecule has 20 heavy (non-hydrogen) atoms. The molecule has 0 saturated carbocycles. The second-order valence-corrected chi connectivity index (χ2v) is 5.24. The SMILES string of the molecule is CCc1ccc(CC(CN)C(=O)N2CCOCC2)cc1. The van der Waals surface area contributed by atoms with E-state index in [4.69, 9.17) is 10.5 Å². The molecule has 2 rings (SSSR count). The molecule has 0 radical (unpaired) electrons. The Hall–Kier alpha value is -1.39. The largest absolute Gasteiger partial charge is 0.378 e. The van der Waals surface area contributed by atoms with Gasteiger partial charge in [0.05, 0.1) is 19.1 Å². The van der Waals surface area contributed by atoms with Gasteiger partial charge in [0.25, 0.3) is 0 Å². The lowest BCUT2D eigenvalue weighted by Crippen LogP contribution is -2.45. The van der Waals surface area contributed by atoms with Gasteiger partial charge in [0.15, 0.2) is 0 Å². The second-order valence-electron chi connectivity index (χ2n) is 5.24. The average molecular weight is 276 g/mol. The van der Waals surface area contributed by atoms with Crippen LogP contribution in [0, 0.1) is 5.92 Å². The lowest BCUT2D eigenvalue weighted by molar-refractivity contribution is -0.139. The van der Waals surface area contributed by atoms with E-state index < -0.39 is 0 Å². The third kappa shape index (κ3) is 3.81. The molecule has 1 aliphatic rings. The van der Waals surface area contributed by atoms with Gasteiger partial charge >= 0.3 is 0 Å². The zero-order valence-corrected chi connectivity index (χ0v) is 12.2. The molecule has 0 bridgehead atoms. The Balaban J connectivity index is 1.97. The number of hydrogen-bond acceptors (Lipinski definition) is 3. The quantitative estimate of drug-likeness (QED) is 0.880. The van der Waals surface area contributed by atoms with Gasteiger partial charge in [-0.05, 0) is 24.0 Å². The highest BCUT2D eigenvalue weighted by atomic mass is 16.5. The highest BCUT2D eigenvalue weighted by molar-refractivity contribution is 5.79. The fourth-order valence-corrected chi connectivity index (χ4v) is 2.51. The van der Waals surface area contributed by atoms with Crippen molar-refractivity contribution in [3.63, 3.8) is 0 Å². The molecule has 1 unspecified atom stereocenters. The van der Waals surface area contributed by atoms with Crippen LogP contribution in [0.15, 0.2) is 24.3 Å². The van der Waals surface area contributed by atoms with Gasteiger partial charge in [-0.3, -0.25) is 4.79 Å². The zero-order valence-electron chi connectivity index (χ0n) is 12.2. The number of benzene rings is 1. The number of nitrogens with two attached hydrogens (primary N) is 1. The zero-order chi connectivity index (χ0) is 14.4. The molecule has 4 nitrogen and oxygen atoms in total. The summed E-state index contributed by atoms with van der Waals surface area (Å²) >= 11 is 0. The first-order valence-corrected chi connectivity index (χ1v) is 7.39. The molecule has 0 aliphatic carbocycles. The van der Waals surface area contributed by atoms with Gasteiger partial charge in [-0.25, -0.2) is 0 Å². The fraction of sp³-hybridized carbons (Fsp3) is 0.562. The van der Waals surface area contributed by atoms with Crippen LogP contribution in [0.5, 0.6) is 0 Å². The number of rotatable bonds is 5. The van der Waals surface area contributed by atoms with E-state index in [0.29, 0.717) is 32.8 Å².